The van der Waals surface area contributed by atoms with Gasteiger partial charge in [-0.1, -0.05) is 23.7 Å². The number of amides is 4. The molecule has 4 N–H and O–H groups in total. The average molecular weight is 464 g/mol. The highest BCUT2D eigenvalue weighted by Crippen LogP contribution is 2.21. The zero-order chi connectivity index (χ0) is 20.3. The normalized spacial score (nSPS) is 10.4. The quantitative estimate of drug-likeness (QED) is 0.547. The number of urea groups is 1. The third-order valence-electron chi connectivity index (χ3n) is 3.52. The van der Waals surface area contributed by atoms with Crippen LogP contribution in [-0.4, -0.2) is 32.6 Å². The summed E-state index contributed by atoms with van der Waals surface area (Å²) in [4.78, 5) is 40.3. The average Bonchev–Trinajstić information content (AvgIpc) is 3.04. The summed E-state index contributed by atoms with van der Waals surface area (Å²) in [6.45, 7) is 0. The van der Waals surface area contributed by atoms with Crippen molar-refractivity contribution in [3.8, 4) is 5.82 Å². The molecule has 28 heavy (non-hydrogen) atoms. The Bertz CT molecular complexity index is 1080. The summed E-state index contributed by atoms with van der Waals surface area (Å²) in [5, 5.41) is 8.97. The Morgan fingerprint density at radius 2 is 1.89 bits per heavy atom. The second-order valence-corrected chi connectivity index (χ2v) is 6.61. The van der Waals surface area contributed by atoms with Gasteiger partial charge in [-0.15, -0.1) is 0 Å². The third-order valence-corrected chi connectivity index (χ3v) is 4.20. The fraction of sp³-hybridized carbons (Fsp3) is 0. The van der Waals surface area contributed by atoms with E-state index in [1.54, 1.807) is 24.3 Å². The molecule has 4 amide bonds. The molecule has 0 saturated heterocycles. The van der Waals surface area contributed by atoms with E-state index in [2.05, 4.69) is 36.6 Å². The SMILES string of the molecule is NC(=O)c1ccccc1NC(=O)NC(=O)c1cc(Br)nn1-c1ncccc1Cl. The number of nitrogens with zero attached hydrogens (tertiary/aromatic N) is 3. The highest BCUT2D eigenvalue weighted by molar-refractivity contribution is 9.10. The Morgan fingerprint density at radius 1 is 1.14 bits per heavy atom. The topological polar surface area (TPSA) is 132 Å². The molecule has 0 atom stereocenters. The van der Waals surface area contributed by atoms with Gasteiger partial charge in [0.05, 0.1) is 16.3 Å². The fourth-order valence-electron chi connectivity index (χ4n) is 2.34. The van der Waals surface area contributed by atoms with E-state index in [-0.39, 0.29) is 27.8 Å². The number of hydrogen-bond donors (Lipinski definition) is 3. The number of pyridine rings is 1. The number of anilines is 1. The molecule has 2 aromatic heterocycles. The minimum atomic E-state index is -0.852. The maximum atomic E-state index is 12.6. The predicted molar refractivity (Wildman–Crippen MR) is 106 cm³/mol. The van der Waals surface area contributed by atoms with Crippen LogP contribution >= 0.6 is 27.5 Å². The van der Waals surface area contributed by atoms with E-state index in [1.807, 2.05) is 0 Å². The van der Waals surface area contributed by atoms with Crippen LogP contribution in [0.4, 0.5) is 10.5 Å². The molecular formula is C17H12BrClN6O3. The molecular weight excluding hydrogens is 452 g/mol. The first-order valence-electron chi connectivity index (χ1n) is 7.74. The Balaban J connectivity index is 1.82. The predicted octanol–water partition coefficient (Wildman–Crippen LogP) is 2.74. The van der Waals surface area contributed by atoms with E-state index in [4.69, 9.17) is 17.3 Å². The number of imide groups is 1. The molecule has 0 aliphatic rings. The lowest BCUT2D eigenvalue weighted by molar-refractivity contribution is 0.0958. The van der Waals surface area contributed by atoms with Crippen molar-refractivity contribution < 1.29 is 14.4 Å². The van der Waals surface area contributed by atoms with E-state index >= 15 is 0 Å². The van der Waals surface area contributed by atoms with Crippen molar-refractivity contribution >= 4 is 51.1 Å². The van der Waals surface area contributed by atoms with Crippen molar-refractivity contribution in [3.05, 3.63) is 69.5 Å². The molecule has 0 aliphatic heterocycles. The lowest BCUT2D eigenvalue weighted by atomic mass is 10.1. The molecule has 0 fully saturated rings. The highest BCUT2D eigenvalue weighted by atomic mass is 79.9. The van der Waals surface area contributed by atoms with E-state index in [9.17, 15) is 14.4 Å². The number of rotatable bonds is 4. The molecule has 0 spiro atoms. The van der Waals surface area contributed by atoms with Crippen LogP contribution in [0.15, 0.2) is 53.3 Å². The number of primary amides is 1. The fourth-order valence-corrected chi connectivity index (χ4v) is 2.91. The molecule has 142 valence electrons. The molecule has 0 aliphatic carbocycles. The number of benzene rings is 1. The largest absolute Gasteiger partial charge is 0.366 e. The van der Waals surface area contributed by atoms with Crippen LogP contribution in [0.1, 0.15) is 20.8 Å². The van der Waals surface area contributed by atoms with Gasteiger partial charge < -0.3 is 11.1 Å². The second kappa shape index (κ2) is 8.19. The summed E-state index contributed by atoms with van der Waals surface area (Å²) in [6.07, 6.45) is 1.49. The van der Waals surface area contributed by atoms with Crippen LogP contribution < -0.4 is 16.4 Å². The zero-order valence-electron chi connectivity index (χ0n) is 14.0. The van der Waals surface area contributed by atoms with Gasteiger partial charge in [0.25, 0.3) is 11.8 Å². The van der Waals surface area contributed by atoms with Gasteiger partial charge in [-0.2, -0.15) is 5.10 Å². The van der Waals surface area contributed by atoms with Gasteiger partial charge in [0.15, 0.2) is 5.82 Å². The highest BCUT2D eigenvalue weighted by Gasteiger charge is 2.21. The Kier molecular flexibility index (Phi) is 5.71. The van der Waals surface area contributed by atoms with Crippen molar-refractivity contribution in [2.75, 3.05) is 5.32 Å². The van der Waals surface area contributed by atoms with Crippen LogP contribution in [0.5, 0.6) is 0 Å². The number of halogens is 2. The number of carbonyl (C=O) groups excluding carboxylic acids is 3. The molecule has 0 radical (unpaired) electrons. The lowest BCUT2D eigenvalue weighted by Gasteiger charge is -2.10. The summed E-state index contributed by atoms with van der Waals surface area (Å²) >= 11 is 9.30. The van der Waals surface area contributed by atoms with Gasteiger partial charge in [0.1, 0.15) is 10.3 Å². The van der Waals surface area contributed by atoms with Crippen molar-refractivity contribution in [2.24, 2.45) is 5.73 Å². The van der Waals surface area contributed by atoms with E-state index in [0.717, 1.165) is 0 Å². The van der Waals surface area contributed by atoms with E-state index in [1.165, 1.54) is 29.1 Å². The molecule has 0 unspecified atom stereocenters. The van der Waals surface area contributed by atoms with E-state index < -0.39 is 17.8 Å². The van der Waals surface area contributed by atoms with Crippen LogP contribution in [0, 0.1) is 0 Å². The Labute approximate surface area is 172 Å². The van der Waals surface area contributed by atoms with Crippen molar-refractivity contribution in [1.29, 1.82) is 0 Å². The van der Waals surface area contributed by atoms with Crippen LogP contribution in [0.25, 0.3) is 5.82 Å². The molecule has 0 saturated carbocycles. The van der Waals surface area contributed by atoms with Gasteiger partial charge in [0, 0.05) is 12.3 Å². The van der Waals surface area contributed by atoms with Crippen molar-refractivity contribution in [1.82, 2.24) is 20.1 Å². The molecule has 0 bridgehead atoms. The first-order chi connectivity index (χ1) is 13.4. The Morgan fingerprint density at radius 3 is 2.61 bits per heavy atom. The van der Waals surface area contributed by atoms with Crippen molar-refractivity contribution in [3.63, 3.8) is 0 Å². The van der Waals surface area contributed by atoms with Gasteiger partial charge >= 0.3 is 6.03 Å². The number of carbonyl (C=O) groups is 3. The summed E-state index contributed by atoms with van der Waals surface area (Å²) in [5.41, 5.74) is 5.57. The molecule has 9 nitrogen and oxygen atoms in total. The molecule has 1 aromatic carbocycles. The third kappa shape index (κ3) is 4.18. The summed E-state index contributed by atoms with van der Waals surface area (Å²) in [7, 11) is 0. The maximum Gasteiger partial charge on any atom is 0.326 e. The van der Waals surface area contributed by atoms with Crippen LogP contribution in [0.2, 0.25) is 5.02 Å². The summed E-state index contributed by atoms with van der Waals surface area (Å²) < 4.78 is 1.55. The molecule has 3 rings (SSSR count). The summed E-state index contributed by atoms with van der Waals surface area (Å²) in [6, 6.07) is 9.93. The Hall–Kier alpha value is -3.24. The maximum absolute atomic E-state index is 12.6. The number of aromatic nitrogens is 3. The van der Waals surface area contributed by atoms with Gasteiger partial charge in [-0.05, 0) is 40.2 Å². The number of nitrogens with one attached hydrogen (secondary N) is 2. The first-order valence-corrected chi connectivity index (χ1v) is 8.91. The van der Waals surface area contributed by atoms with E-state index in [0.29, 0.717) is 4.60 Å². The minimum absolute atomic E-state index is 0.0193. The smallest absolute Gasteiger partial charge is 0.326 e. The van der Waals surface area contributed by atoms with Crippen molar-refractivity contribution in [2.45, 2.75) is 0 Å². The van der Waals surface area contributed by atoms with Crippen LogP contribution in [0.3, 0.4) is 0 Å². The number of para-hydroxylation sites is 1. The summed E-state index contributed by atoms with van der Waals surface area (Å²) in [5.74, 6) is -1.25. The number of nitrogens with two attached hydrogens (primary N) is 1. The zero-order valence-corrected chi connectivity index (χ0v) is 16.4. The molecule has 3 aromatic rings. The van der Waals surface area contributed by atoms with Gasteiger partial charge in [-0.3, -0.25) is 14.9 Å². The monoisotopic (exact) mass is 462 g/mol. The van der Waals surface area contributed by atoms with Gasteiger partial charge in [-0.25, -0.2) is 14.5 Å². The van der Waals surface area contributed by atoms with Crippen LogP contribution in [-0.2, 0) is 0 Å². The minimum Gasteiger partial charge on any atom is -0.366 e. The first kappa shape index (κ1) is 19.5. The lowest BCUT2D eigenvalue weighted by Crippen LogP contribution is -2.36. The van der Waals surface area contributed by atoms with Gasteiger partial charge in [0.2, 0.25) is 0 Å². The second-order valence-electron chi connectivity index (χ2n) is 5.39. The molecule has 11 heteroatoms. The molecule has 2 heterocycles. The number of hydrogen-bond acceptors (Lipinski definition) is 5. The standard InChI is InChI=1S/C17H12BrClN6O3/c18-13-8-12(25(24-13)15-10(19)5-3-7-21-15)16(27)23-17(28)22-11-6-2-1-4-9(11)14(20)26/h1-8H,(H2,20,26)(H2,22,23,27,28).